The molecule has 0 atom stereocenters. The largest absolute Gasteiger partial charge is 0.481 e. The number of carbonyl (C=O) groups excluding carboxylic acids is 1. The number of aliphatic hydroxyl groups excluding tert-OH is 1. The molecule has 0 saturated carbocycles. The monoisotopic (exact) mass is 422 g/mol. The molecule has 3 aromatic rings. The summed E-state index contributed by atoms with van der Waals surface area (Å²) in [7, 11) is 0. The fourth-order valence-electron chi connectivity index (χ4n) is 4.12. The van der Waals surface area contributed by atoms with E-state index in [1.165, 1.54) is 11.3 Å². The third-order valence-electron chi connectivity index (χ3n) is 5.56. The molecule has 6 nitrogen and oxygen atoms in total. The number of hydrogen-bond donors (Lipinski definition) is 3. The first-order chi connectivity index (χ1) is 14.5. The van der Waals surface area contributed by atoms with Crippen molar-refractivity contribution >= 4 is 23.2 Å². The molecule has 1 aromatic heterocycles. The van der Waals surface area contributed by atoms with Gasteiger partial charge in [0.15, 0.2) is 0 Å². The highest BCUT2D eigenvalue weighted by molar-refractivity contribution is 7.09. The number of rotatable bonds is 7. The van der Waals surface area contributed by atoms with Crippen molar-refractivity contribution in [1.29, 1.82) is 0 Å². The third-order valence-corrected chi connectivity index (χ3v) is 6.41. The third kappa shape index (κ3) is 3.99. The molecule has 0 spiro atoms. The summed E-state index contributed by atoms with van der Waals surface area (Å²) < 4.78 is 0. The van der Waals surface area contributed by atoms with E-state index in [1.54, 1.807) is 0 Å². The summed E-state index contributed by atoms with van der Waals surface area (Å²) in [6.07, 6.45) is 0.642. The summed E-state index contributed by atoms with van der Waals surface area (Å²) in [6.45, 7) is 0.167. The summed E-state index contributed by atoms with van der Waals surface area (Å²) in [6, 6.07) is 15.2. The maximum Gasteiger partial charge on any atom is 0.304 e. The number of nitrogens with zero attached hydrogens (tertiary/aromatic N) is 1. The average molecular weight is 423 g/mol. The minimum atomic E-state index is -0.977. The summed E-state index contributed by atoms with van der Waals surface area (Å²) in [5.74, 6) is -1.23. The SMILES string of the molecule is O=C(O)CC1(C(=O)NCc2nc(-c3ccccc3CO)cs2)Cc2ccccc2C1. The normalized spacial score (nSPS) is 14.3. The molecule has 1 aliphatic carbocycles. The lowest BCUT2D eigenvalue weighted by atomic mass is 9.80. The highest BCUT2D eigenvalue weighted by atomic mass is 32.1. The first-order valence-electron chi connectivity index (χ1n) is 9.71. The molecule has 1 aliphatic rings. The van der Waals surface area contributed by atoms with Crippen LogP contribution in [0, 0.1) is 5.41 Å². The summed E-state index contributed by atoms with van der Waals surface area (Å²) in [5, 5.41) is 24.5. The van der Waals surface area contributed by atoms with E-state index in [4.69, 9.17) is 0 Å². The number of amides is 1. The molecule has 0 bridgehead atoms. The van der Waals surface area contributed by atoms with Crippen LogP contribution in [0.25, 0.3) is 11.3 Å². The predicted molar refractivity (Wildman–Crippen MR) is 114 cm³/mol. The summed E-state index contributed by atoms with van der Waals surface area (Å²) in [4.78, 5) is 29.2. The zero-order chi connectivity index (χ0) is 21.1. The second-order valence-corrected chi connectivity index (χ2v) is 8.54. The molecule has 0 fully saturated rings. The Balaban J connectivity index is 1.49. The van der Waals surface area contributed by atoms with Crippen LogP contribution in [0.15, 0.2) is 53.9 Å². The molecular weight excluding hydrogens is 400 g/mol. The van der Waals surface area contributed by atoms with Gasteiger partial charge in [0.05, 0.1) is 30.7 Å². The van der Waals surface area contributed by atoms with E-state index in [2.05, 4.69) is 10.3 Å². The van der Waals surface area contributed by atoms with Gasteiger partial charge in [0.1, 0.15) is 5.01 Å². The predicted octanol–water partition coefficient (Wildman–Crippen LogP) is 3.18. The average Bonchev–Trinajstić information content (AvgIpc) is 3.36. The second kappa shape index (κ2) is 8.38. The van der Waals surface area contributed by atoms with Gasteiger partial charge in [-0.3, -0.25) is 9.59 Å². The van der Waals surface area contributed by atoms with E-state index >= 15 is 0 Å². The molecule has 154 valence electrons. The van der Waals surface area contributed by atoms with Gasteiger partial charge in [0.2, 0.25) is 5.91 Å². The molecule has 0 saturated heterocycles. The van der Waals surface area contributed by atoms with Crippen molar-refractivity contribution in [3.63, 3.8) is 0 Å². The van der Waals surface area contributed by atoms with Crippen LogP contribution < -0.4 is 5.32 Å². The molecule has 3 N–H and O–H groups in total. The summed E-state index contributed by atoms with van der Waals surface area (Å²) >= 11 is 1.42. The van der Waals surface area contributed by atoms with Gasteiger partial charge in [0, 0.05) is 10.9 Å². The van der Waals surface area contributed by atoms with Crippen molar-refractivity contribution in [3.05, 3.63) is 75.6 Å². The number of aromatic nitrogens is 1. The first-order valence-corrected chi connectivity index (χ1v) is 10.6. The Morgan fingerprint density at radius 3 is 2.40 bits per heavy atom. The van der Waals surface area contributed by atoms with Gasteiger partial charge in [-0.25, -0.2) is 4.98 Å². The van der Waals surface area contributed by atoms with Crippen LogP contribution in [0.2, 0.25) is 0 Å². The smallest absolute Gasteiger partial charge is 0.304 e. The van der Waals surface area contributed by atoms with Crippen LogP contribution >= 0.6 is 11.3 Å². The fourth-order valence-corrected chi connectivity index (χ4v) is 4.85. The number of carboxylic acids is 1. The van der Waals surface area contributed by atoms with Crippen LogP contribution in [-0.2, 0) is 35.6 Å². The first kappa shape index (κ1) is 20.3. The minimum absolute atomic E-state index is 0.0714. The Hall–Kier alpha value is -3.03. The van der Waals surface area contributed by atoms with Crippen molar-refractivity contribution in [1.82, 2.24) is 10.3 Å². The van der Waals surface area contributed by atoms with Gasteiger partial charge in [-0.15, -0.1) is 11.3 Å². The molecule has 0 unspecified atom stereocenters. The van der Waals surface area contributed by atoms with Crippen molar-refractivity contribution in [3.8, 4) is 11.3 Å². The quantitative estimate of drug-likeness (QED) is 0.543. The molecule has 1 amide bonds. The number of nitrogens with one attached hydrogen (secondary N) is 1. The molecule has 30 heavy (non-hydrogen) atoms. The highest BCUT2D eigenvalue weighted by Crippen LogP contribution is 2.40. The van der Waals surface area contributed by atoms with E-state index in [9.17, 15) is 19.8 Å². The van der Waals surface area contributed by atoms with Gasteiger partial charge in [0.25, 0.3) is 0 Å². The Kier molecular flexibility index (Phi) is 5.65. The molecule has 0 radical (unpaired) electrons. The Morgan fingerprint density at radius 2 is 1.73 bits per heavy atom. The Labute approximate surface area is 178 Å². The van der Waals surface area contributed by atoms with Crippen molar-refractivity contribution in [2.24, 2.45) is 5.41 Å². The van der Waals surface area contributed by atoms with E-state index in [0.29, 0.717) is 12.8 Å². The Morgan fingerprint density at radius 1 is 1.07 bits per heavy atom. The fraction of sp³-hybridized carbons (Fsp3) is 0.261. The van der Waals surface area contributed by atoms with Crippen molar-refractivity contribution in [2.45, 2.75) is 32.4 Å². The van der Waals surface area contributed by atoms with Crippen LogP contribution in [0.5, 0.6) is 0 Å². The number of hydrogen-bond acceptors (Lipinski definition) is 5. The molecule has 2 aromatic carbocycles. The lowest BCUT2D eigenvalue weighted by Gasteiger charge is -2.25. The van der Waals surface area contributed by atoms with E-state index in [-0.39, 0.29) is 25.5 Å². The number of fused-ring (bicyclic) bond motifs is 1. The van der Waals surface area contributed by atoms with Gasteiger partial charge in [-0.05, 0) is 29.5 Å². The topological polar surface area (TPSA) is 99.5 Å². The van der Waals surface area contributed by atoms with E-state index < -0.39 is 11.4 Å². The zero-order valence-corrected chi connectivity index (χ0v) is 17.1. The van der Waals surface area contributed by atoms with Gasteiger partial charge in [-0.2, -0.15) is 0 Å². The van der Waals surface area contributed by atoms with Crippen molar-refractivity contribution < 1.29 is 19.8 Å². The molecule has 7 heteroatoms. The molecule has 0 aliphatic heterocycles. The number of aliphatic hydroxyl groups is 1. The van der Waals surface area contributed by atoms with Crippen LogP contribution in [0.1, 0.15) is 28.1 Å². The minimum Gasteiger partial charge on any atom is -0.481 e. The number of benzene rings is 2. The lowest BCUT2D eigenvalue weighted by molar-refractivity contribution is -0.145. The van der Waals surface area contributed by atoms with Gasteiger partial charge in [-0.1, -0.05) is 48.5 Å². The number of carboxylic acid groups (broad SMARTS) is 1. The summed E-state index contributed by atoms with van der Waals surface area (Å²) in [5.41, 5.74) is 3.50. The maximum absolute atomic E-state index is 13.1. The molecular formula is C23H22N2O4S. The Bertz CT molecular complexity index is 1070. The zero-order valence-electron chi connectivity index (χ0n) is 16.3. The number of carbonyl (C=O) groups is 2. The van der Waals surface area contributed by atoms with Crippen LogP contribution in [-0.4, -0.2) is 27.1 Å². The standard InChI is InChI=1S/C23H22N2O4S/c26-13-17-7-3-4-8-18(17)19-14-30-20(25-19)12-24-22(29)23(11-21(27)28)9-15-5-1-2-6-16(15)10-23/h1-8,14,26H,9-13H2,(H,24,29)(H,27,28). The number of aliphatic carboxylic acids is 1. The highest BCUT2D eigenvalue weighted by Gasteiger charge is 2.45. The van der Waals surface area contributed by atoms with Crippen LogP contribution in [0.4, 0.5) is 0 Å². The van der Waals surface area contributed by atoms with Crippen molar-refractivity contribution in [2.75, 3.05) is 0 Å². The maximum atomic E-state index is 13.1. The van der Waals surface area contributed by atoms with E-state index in [0.717, 1.165) is 33.0 Å². The lowest BCUT2D eigenvalue weighted by Crippen LogP contribution is -2.43. The second-order valence-electron chi connectivity index (χ2n) is 7.60. The van der Waals surface area contributed by atoms with Crippen LogP contribution in [0.3, 0.4) is 0 Å². The van der Waals surface area contributed by atoms with Gasteiger partial charge < -0.3 is 15.5 Å². The molecule has 4 rings (SSSR count). The molecule has 1 heterocycles. The van der Waals surface area contributed by atoms with E-state index in [1.807, 2.05) is 53.9 Å². The number of thiazole rings is 1. The van der Waals surface area contributed by atoms with Gasteiger partial charge >= 0.3 is 5.97 Å².